The minimum atomic E-state index is -0.00559. The van der Waals surface area contributed by atoms with E-state index in [4.69, 9.17) is 0 Å². The number of anilines is 4. The average molecular weight is 915 g/mol. The smallest absolute Gasteiger partial charge is 0.253 e. The SMILES string of the molecule is CC1C=C2C3=C(C1C)N(c1ccc(C(C)(C)C)cc1)c1c(ccc4c1C(C)(C)CCC4(C)C)B3c1c(sc3cc4c(cc13)C(C)(C)CCC4(C)C)N2c1ccc(C(C)(C)C)cc1-c1ccccc1. The molecule has 11 rings (SSSR count). The molecular formula is C64H75BN2S. The normalized spacial score (nSPS) is 22.0. The van der Waals surface area contributed by atoms with Gasteiger partial charge in [0.25, 0.3) is 6.71 Å². The molecule has 0 amide bonds. The minimum absolute atomic E-state index is 0.00213. The first-order chi connectivity index (χ1) is 31.8. The van der Waals surface area contributed by atoms with Gasteiger partial charge in [0, 0.05) is 39.0 Å². The van der Waals surface area contributed by atoms with E-state index in [0.29, 0.717) is 5.92 Å². The zero-order chi connectivity index (χ0) is 48.4. The lowest BCUT2D eigenvalue weighted by molar-refractivity contribution is 0.332. The zero-order valence-electron chi connectivity index (χ0n) is 44.2. The molecule has 0 bridgehead atoms. The summed E-state index contributed by atoms with van der Waals surface area (Å²) in [6.07, 6.45) is 7.42. The van der Waals surface area contributed by atoms with Gasteiger partial charge >= 0.3 is 0 Å². The van der Waals surface area contributed by atoms with E-state index in [0.717, 1.165) is 6.42 Å². The van der Waals surface area contributed by atoms with Crippen molar-refractivity contribution < 1.29 is 0 Å². The lowest BCUT2D eigenvalue weighted by atomic mass is 9.31. The van der Waals surface area contributed by atoms with Crippen LogP contribution in [0.2, 0.25) is 0 Å². The quantitative estimate of drug-likeness (QED) is 0.163. The number of hydrogen-bond acceptors (Lipinski definition) is 3. The van der Waals surface area contributed by atoms with Crippen molar-refractivity contribution in [2.45, 2.75) is 169 Å². The molecule has 1 aromatic heterocycles. The largest absolute Gasteiger partial charge is 0.315 e. The molecule has 68 heavy (non-hydrogen) atoms. The second-order valence-corrected chi connectivity index (χ2v) is 27.5. The van der Waals surface area contributed by atoms with Crippen molar-refractivity contribution in [1.29, 1.82) is 0 Å². The molecular weight excluding hydrogens is 840 g/mol. The van der Waals surface area contributed by atoms with Gasteiger partial charge in [-0.2, -0.15) is 0 Å². The first kappa shape index (κ1) is 45.6. The topological polar surface area (TPSA) is 6.48 Å². The molecule has 0 spiro atoms. The second kappa shape index (κ2) is 14.9. The van der Waals surface area contributed by atoms with Crippen LogP contribution in [0, 0.1) is 11.8 Å². The number of thiophene rings is 1. The molecule has 2 aliphatic heterocycles. The third kappa shape index (κ3) is 6.76. The number of fused-ring (bicyclic) bond motifs is 9. The Balaban J connectivity index is 1.31. The lowest BCUT2D eigenvalue weighted by Crippen LogP contribution is -2.58. The van der Waals surface area contributed by atoms with E-state index >= 15 is 0 Å². The highest BCUT2D eigenvalue weighted by Gasteiger charge is 2.53. The van der Waals surface area contributed by atoms with Crippen LogP contribution in [0.5, 0.6) is 0 Å². The Labute approximate surface area is 414 Å². The molecule has 2 unspecified atom stereocenters. The van der Waals surface area contributed by atoms with E-state index in [1.807, 2.05) is 11.3 Å². The van der Waals surface area contributed by atoms with Gasteiger partial charge < -0.3 is 9.80 Å². The Hall–Kier alpha value is -4.80. The van der Waals surface area contributed by atoms with Crippen molar-refractivity contribution in [1.82, 2.24) is 0 Å². The number of allylic oxidation sites excluding steroid dienone is 3. The summed E-state index contributed by atoms with van der Waals surface area (Å²) in [6, 6.07) is 38.9. The predicted molar refractivity (Wildman–Crippen MR) is 297 cm³/mol. The Morgan fingerprint density at radius 3 is 1.82 bits per heavy atom. The molecule has 2 nitrogen and oxygen atoms in total. The lowest BCUT2D eigenvalue weighted by Gasteiger charge is -2.52. The molecule has 6 aromatic rings. The molecule has 5 aromatic carbocycles. The molecule has 0 fully saturated rings. The molecule has 5 aliphatic rings. The first-order valence-corrected chi connectivity index (χ1v) is 26.8. The highest BCUT2D eigenvalue weighted by Crippen LogP contribution is 2.59. The van der Waals surface area contributed by atoms with Crippen LogP contribution in [0.25, 0.3) is 21.2 Å². The van der Waals surface area contributed by atoms with Crippen molar-refractivity contribution in [3.05, 3.63) is 153 Å². The van der Waals surface area contributed by atoms with Crippen LogP contribution in [-0.2, 0) is 32.5 Å². The van der Waals surface area contributed by atoms with Gasteiger partial charge in [0.1, 0.15) is 0 Å². The van der Waals surface area contributed by atoms with Crippen LogP contribution in [-0.4, -0.2) is 6.71 Å². The van der Waals surface area contributed by atoms with E-state index in [1.165, 1.54) is 113 Å². The summed E-state index contributed by atoms with van der Waals surface area (Å²) in [6.45, 7) is 39.2. The zero-order valence-corrected chi connectivity index (χ0v) is 45.0. The molecule has 3 aliphatic carbocycles. The molecule has 0 saturated heterocycles. The van der Waals surface area contributed by atoms with Crippen LogP contribution >= 0.6 is 11.3 Å². The van der Waals surface area contributed by atoms with Crippen LogP contribution in [0.4, 0.5) is 22.1 Å². The summed E-state index contributed by atoms with van der Waals surface area (Å²) in [4.78, 5) is 5.57. The van der Waals surface area contributed by atoms with Gasteiger partial charge in [0.15, 0.2) is 0 Å². The van der Waals surface area contributed by atoms with Gasteiger partial charge in [-0.15, -0.1) is 11.3 Å². The molecule has 0 N–H and O–H groups in total. The number of nitrogens with zero attached hydrogens (tertiary/aromatic N) is 2. The standard InChI is InChI=1S/C64H75BN2S/c1-38-34-51-55-56(39(38)2)66(43-25-22-41(23-26-43)59(3,4)5)57-49(28-27-46-53(57)64(15,16)33-32-61(46,9)10)65(55)54-45-36-47-48(63(13,14)31-30-62(47,11)12)37-52(45)68-58(54)67(51)50-29-24-42(60(6,7)8)35-44(50)40-20-18-17-19-21-40/h17-29,34-39H,30-33H2,1-16H3. The summed E-state index contributed by atoms with van der Waals surface area (Å²) >= 11 is 2.05. The van der Waals surface area contributed by atoms with E-state index < -0.39 is 0 Å². The van der Waals surface area contributed by atoms with Crippen molar-refractivity contribution in [3.63, 3.8) is 0 Å². The summed E-state index contributed by atoms with van der Waals surface area (Å²) in [7, 11) is 0. The summed E-state index contributed by atoms with van der Waals surface area (Å²) in [5.74, 6) is 0.576. The van der Waals surface area contributed by atoms with Crippen LogP contribution in [0.15, 0.2) is 120 Å². The van der Waals surface area contributed by atoms with Crippen LogP contribution in [0.3, 0.4) is 0 Å². The molecule has 0 saturated carbocycles. The van der Waals surface area contributed by atoms with Gasteiger partial charge in [0.05, 0.1) is 10.7 Å². The average Bonchev–Trinajstić information content (AvgIpc) is 3.65. The van der Waals surface area contributed by atoms with Crippen molar-refractivity contribution in [2.75, 3.05) is 9.80 Å². The Morgan fingerprint density at radius 2 is 1.19 bits per heavy atom. The van der Waals surface area contributed by atoms with Crippen LogP contribution < -0.4 is 20.7 Å². The fraction of sp³-hybridized carbons (Fsp3) is 0.438. The Bertz CT molecular complexity index is 3120. The van der Waals surface area contributed by atoms with Crippen LogP contribution in [0.1, 0.15) is 170 Å². The van der Waals surface area contributed by atoms with E-state index in [2.05, 4.69) is 224 Å². The second-order valence-electron chi connectivity index (χ2n) is 26.4. The number of hydrogen-bond donors (Lipinski definition) is 0. The molecule has 0 radical (unpaired) electrons. The van der Waals surface area contributed by atoms with E-state index in [1.54, 1.807) is 11.1 Å². The van der Waals surface area contributed by atoms with Gasteiger partial charge in [-0.25, -0.2) is 0 Å². The van der Waals surface area contributed by atoms with Crippen molar-refractivity contribution in [2.24, 2.45) is 11.8 Å². The predicted octanol–water partition coefficient (Wildman–Crippen LogP) is 16.7. The van der Waals surface area contributed by atoms with Gasteiger partial charge in [0.2, 0.25) is 0 Å². The molecule has 2 atom stereocenters. The van der Waals surface area contributed by atoms with E-state index in [-0.39, 0.29) is 45.1 Å². The molecule has 3 heterocycles. The monoisotopic (exact) mass is 915 g/mol. The fourth-order valence-electron chi connectivity index (χ4n) is 13.1. The highest BCUT2D eigenvalue weighted by atomic mass is 32.1. The maximum atomic E-state index is 2.82. The van der Waals surface area contributed by atoms with Crippen molar-refractivity contribution >= 4 is 61.1 Å². The molecule has 350 valence electrons. The molecule has 4 heteroatoms. The minimum Gasteiger partial charge on any atom is -0.315 e. The summed E-state index contributed by atoms with van der Waals surface area (Å²) in [5.41, 5.74) is 23.0. The highest BCUT2D eigenvalue weighted by molar-refractivity contribution is 7.26. The first-order valence-electron chi connectivity index (χ1n) is 26.0. The Morgan fingerprint density at radius 1 is 0.603 bits per heavy atom. The van der Waals surface area contributed by atoms with Gasteiger partial charge in [-0.3, -0.25) is 0 Å². The Kier molecular flexibility index (Phi) is 9.98. The number of benzene rings is 5. The fourth-order valence-corrected chi connectivity index (χ4v) is 14.4. The van der Waals surface area contributed by atoms with E-state index in [9.17, 15) is 0 Å². The summed E-state index contributed by atoms with van der Waals surface area (Å²) < 4.78 is 1.42. The maximum Gasteiger partial charge on any atom is 0.253 e. The third-order valence-corrected chi connectivity index (χ3v) is 19.0. The third-order valence-electron chi connectivity index (χ3n) is 17.8. The summed E-state index contributed by atoms with van der Waals surface area (Å²) in [5, 5.41) is 2.83. The maximum absolute atomic E-state index is 2.82. The van der Waals surface area contributed by atoms with Gasteiger partial charge in [-0.05, 0) is 161 Å². The van der Waals surface area contributed by atoms with Gasteiger partial charge in [-0.1, -0.05) is 178 Å². The van der Waals surface area contributed by atoms with Crippen molar-refractivity contribution in [3.8, 4) is 11.1 Å². The number of rotatable bonds is 3.